The van der Waals surface area contributed by atoms with Crippen molar-refractivity contribution < 1.29 is 9.32 Å². The van der Waals surface area contributed by atoms with Crippen LogP contribution in [0.15, 0.2) is 9.52 Å². The summed E-state index contributed by atoms with van der Waals surface area (Å²) in [4.78, 5) is 22.7. The topological polar surface area (TPSA) is 95.7 Å². The summed E-state index contributed by atoms with van der Waals surface area (Å²) >= 11 is 0. The number of hydrogen-bond donors (Lipinski definition) is 2. The molecular formula is C15H25IN6O2. The van der Waals surface area contributed by atoms with E-state index in [1.807, 2.05) is 6.92 Å². The minimum atomic E-state index is 0. The number of aromatic nitrogens is 2. The molecule has 2 fully saturated rings. The molecule has 1 unspecified atom stereocenters. The van der Waals surface area contributed by atoms with Crippen LogP contribution in [0.1, 0.15) is 37.9 Å². The Labute approximate surface area is 158 Å². The molecule has 0 radical (unpaired) electrons. The Morgan fingerprint density at radius 2 is 2.38 bits per heavy atom. The highest BCUT2D eigenvalue weighted by Gasteiger charge is 2.42. The lowest BCUT2D eigenvalue weighted by atomic mass is 9.79. The number of halogens is 1. The van der Waals surface area contributed by atoms with Gasteiger partial charge in [0, 0.05) is 44.9 Å². The standard InChI is InChI=1S/C15H24N6O2.HI/c1-3-16-14(17-8-12-19-11(2)23-20-12)21-6-4-5-15(10-21)7-13(22)18-9-15;/h3-10H2,1-2H3,(H,16,17)(H,18,22);1H. The molecule has 134 valence electrons. The zero-order valence-corrected chi connectivity index (χ0v) is 16.5. The van der Waals surface area contributed by atoms with Crippen LogP contribution in [0.25, 0.3) is 0 Å². The minimum Gasteiger partial charge on any atom is -0.357 e. The number of carbonyl (C=O) groups excluding carboxylic acids is 1. The lowest BCUT2D eigenvalue weighted by molar-refractivity contribution is -0.119. The van der Waals surface area contributed by atoms with Crippen molar-refractivity contribution in [3.63, 3.8) is 0 Å². The number of aryl methyl sites for hydroxylation is 1. The number of nitrogens with one attached hydrogen (secondary N) is 2. The van der Waals surface area contributed by atoms with E-state index in [-0.39, 0.29) is 35.3 Å². The molecule has 1 amide bonds. The van der Waals surface area contributed by atoms with Crippen molar-refractivity contribution in [2.75, 3.05) is 26.2 Å². The summed E-state index contributed by atoms with van der Waals surface area (Å²) in [5, 5.41) is 10.2. The van der Waals surface area contributed by atoms with E-state index in [0.29, 0.717) is 24.7 Å². The highest BCUT2D eigenvalue weighted by atomic mass is 127. The van der Waals surface area contributed by atoms with Gasteiger partial charge in [0.25, 0.3) is 0 Å². The molecule has 3 rings (SSSR count). The number of carbonyl (C=O) groups is 1. The number of amides is 1. The van der Waals surface area contributed by atoms with Crippen LogP contribution in [0.5, 0.6) is 0 Å². The molecule has 2 aliphatic heterocycles. The van der Waals surface area contributed by atoms with Crippen molar-refractivity contribution in [3.05, 3.63) is 11.7 Å². The first-order valence-corrected chi connectivity index (χ1v) is 8.19. The van der Waals surface area contributed by atoms with E-state index in [9.17, 15) is 4.79 Å². The van der Waals surface area contributed by atoms with E-state index in [1.165, 1.54) is 0 Å². The Balaban J connectivity index is 0.00000208. The first kappa shape index (κ1) is 18.9. The van der Waals surface area contributed by atoms with Gasteiger partial charge in [-0.05, 0) is 19.8 Å². The average molecular weight is 448 g/mol. The number of likely N-dealkylation sites (tertiary alicyclic amines) is 1. The average Bonchev–Trinajstić information content (AvgIpc) is 3.10. The largest absolute Gasteiger partial charge is 0.357 e. The fourth-order valence-corrected chi connectivity index (χ4v) is 3.41. The molecule has 0 saturated carbocycles. The summed E-state index contributed by atoms with van der Waals surface area (Å²) in [6.45, 7) is 7.57. The van der Waals surface area contributed by atoms with Crippen LogP contribution in [-0.4, -0.2) is 53.1 Å². The van der Waals surface area contributed by atoms with Gasteiger partial charge in [-0.25, -0.2) is 4.99 Å². The van der Waals surface area contributed by atoms with E-state index in [1.54, 1.807) is 6.92 Å². The summed E-state index contributed by atoms with van der Waals surface area (Å²) in [5.74, 6) is 2.15. The molecule has 2 saturated heterocycles. The molecule has 1 spiro atoms. The number of nitrogens with zero attached hydrogens (tertiary/aromatic N) is 4. The molecule has 1 aromatic heterocycles. The van der Waals surface area contributed by atoms with Crippen molar-refractivity contribution in [2.45, 2.75) is 39.7 Å². The van der Waals surface area contributed by atoms with Crippen molar-refractivity contribution >= 4 is 35.8 Å². The van der Waals surface area contributed by atoms with E-state index in [4.69, 9.17) is 4.52 Å². The van der Waals surface area contributed by atoms with Gasteiger partial charge in [-0.15, -0.1) is 24.0 Å². The molecular weight excluding hydrogens is 423 g/mol. The highest BCUT2D eigenvalue weighted by molar-refractivity contribution is 14.0. The summed E-state index contributed by atoms with van der Waals surface area (Å²) in [5.41, 5.74) is 0.0499. The molecule has 1 atom stereocenters. The van der Waals surface area contributed by atoms with Gasteiger partial charge in [0.1, 0.15) is 6.54 Å². The van der Waals surface area contributed by atoms with Gasteiger partial charge in [0.15, 0.2) is 11.8 Å². The van der Waals surface area contributed by atoms with Gasteiger partial charge in [-0.2, -0.15) is 4.98 Å². The fourth-order valence-electron chi connectivity index (χ4n) is 3.41. The van der Waals surface area contributed by atoms with Crippen molar-refractivity contribution in [3.8, 4) is 0 Å². The molecule has 2 aliphatic rings. The quantitative estimate of drug-likeness (QED) is 0.408. The second-order valence-electron chi connectivity index (χ2n) is 6.38. The third-order valence-corrected chi connectivity index (χ3v) is 4.43. The SMILES string of the molecule is CCNC(=NCc1noc(C)n1)N1CCCC2(CNC(=O)C2)C1.I. The highest BCUT2D eigenvalue weighted by Crippen LogP contribution is 2.35. The molecule has 2 N–H and O–H groups in total. The molecule has 0 aromatic carbocycles. The number of guanidine groups is 1. The fraction of sp³-hybridized carbons (Fsp3) is 0.733. The van der Waals surface area contributed by atoms with Gasteiger partial charge in [0.05, 0.1) is 0 Å². The monoisotopic (exact) mass is 448 g/mol. The number of aliphatic imine (C=N–C) groups is 1. The number of piperidine rings is 1. The minimum absolute atomic E-state index is 0. The molecule has 3 heterocycles. The van der Waals surface area contributed by atoms with Crippen molar-refractivity contribution in [1.82, 2.24) is 25.7 Å². The van der Waals surface area contributed by atoms with Gasteiger partial charge in [-0.3, -0.25) is 4.79 Å². The van der Waals surface area contributed by atoms with Gasteiger partial charge in [-0.1, -0.05) is 5.16 Å². The smallest absolute Gasteiger partial charge is 0.223 e. The summed E-state index contributed by atoms with van der Waals surface area (Å²) in [6, 6.07) is 0. The maximum absolute atomic E-state index is 11.6. The van der Waals surface area contributed by atoms with Crippen LogP contribution in [0.4, 0.5) is 0 Å². The maximum atomic E-state index is 11.6. The Morgan fingerprint density at radius 1 is 1.54 bits per heavy atom. The van der Waals surface area contributed by atoms with E-state index in [0.717, 1.165) is 45.0 Å². The zero-order chi connectivity index (χ0) is 16.3. The summed E-state index contributed by atoms with van der Waals surface area (Å²) in [6.07, 6.45) is 2.78. The molecule has 24 heavy (non-hydrogen) atoms. The van der Waals surface area contributed by atoms with E-state index >= 15 is 0 Å². The number of rotatable bonds is 3. The molecule has 0 bridgehead atoms. The van der Waals surface area contributed by atoms with E-state index in [2.05, 4.69) is 30.7 Å². The third-order valence-electron chi connectivity index (χ3n) is 4.43. The number of hydrogen-bond acceptors (Lipinski definition) is 5. The van der Waals surface area contributed by atoms with Gasteiger partial charge < -0.3 is 20.1 Å². The van der Waals surface area contributed by atoms with Gasteiger partial charge >= 0.3 is 0 Å². The van der Waals surface area contributed by atoms with Crippen LogP contribution < -0.4 is 10.6 Å². The lowest BCUT2D eigenvalue weighted by Crippen LogP contribution is -2.51. The van der Waals surface area contributed by atoms with Crippen molar-refractivity contribution in [2.24, 2.45) is 10.4 Å². The summed E-state index contributed by atoms with van der Waals surface area (Å²) in [7, 11) is 0. The second kappa shape index (κ2) is 8.13. The Bertz CT molecular complexity index is 605. The molecule has 0 aliphatic carbocycles. The first-order valence-electron chi connectivity index (χ1n) is 8.19. The zero-order valence-electron chi connectivity index (χ0n) is 14.2. The van der Waals surface area contributed by atoms with Crippen LogP contribution in [0, 0.1) is 12.3 Å². The van der Waals surface area contributed by atoms with Crippen LogP contribution >= 0.6 is 24.0 Å². The normalized spacial score (nSPS) is 24.0. The van der Waals surface area contributed by atoms with E-state index < -0.39 is 0 Å². The predicted octanol–water partition coefficient (Wildman–Crippen LogP) is 1.06. The maximum Gasteiger partial charge on any atom is 0.223 e. The van der Waals surface area contributed by atoms with Crippen LogP contribution in [0.2, 0.25) is 0 Å². The van der Waals surface area contributed by atoms with Crippen LogP contribution in [0.3, 0.4) is 0 Å². The molecule has 1 aromatic rings. The molecule has 9 heteroatoms. The van der Waals surface area contributed by atoms with Gasteiger partial charge in [0.2, 0.25) is 11.8 Å². The lowest BCUT2D eigenvalue weighted by Gasteiger charge is -2.40. The van der Waals surface area contributed by atoms with Crippen LogP contribution in [-0.2, 0) is 11.3 Å². The Kier molecular flexibility index (Phi) is 6.41. The Hall–Kier alpha value is -1.39. The Morgan fingerprint density at radius 3 is 3.00 bits per heavy atom. The second-order valence-corrected chi connectivity index (χ2v) is 6.38. The predicted molar refractivity (Wildman–Crippen MR) is 100 cm³/mol. The third kappa shape index (κ3) is 4.37. The van der Waals surface area contributed by atoms with Crippen molar-refractivity contribution in [1.29, 1.82) is 0 Å². The first-order chi connectivity index (χ1) is 11.1. The summed E-state index contributed by atoms with van der Waals surface area (Å²) < 4.78 is 4.98. The molecule has 8 nitrogen and oxygen atoms in total.